The molecule has 0 N–H and O–H groups in total. The van der Waals surface area contributed by atoms with Gasteiger partial charge in [-0.1, -0.05) is 41.5 Å². The number of hydrogen-bond donors (Lipinski definition) is 0. The molecule has 1 aliphatic carbocycles. The minimum atomic E-state index is -1.77. The van der Waals surface area contributed by atoms with Gasteiger partial charge in [-0.25, -0.2) is 9.67 Å². The Morgan fingerprint density at radius 2 is 1.64 bits per heavy atom. The Bertz CT molecular complexity index is 762. The molecule has 7 heteroatoms. The summed E-state index contributed by atoms with van der Waals surface area (Å²) >= 11 is 5.99. The molecule has 0 aliphatic heterocycles. The molecule has 1 fully saturated rings. The van der Waals surface area contributed by atoms with Gasteiger partial charge in [0.25, 0.3) is 0 Å². The monoisotopic (exact) mass is 422 g/mol. The molecule has 1 saturated carbocycles. The first kappa shape index (κ1) is 21.7. The predicted molar refractivity (Wildman–Crippen MR) is 118 cm³/mol. The van der Waals surface area contributed by atoms with Gasteiger partial charge >= 0.3 is 0 Å². The molecule has 2 aromatic rings. The Kier molecular flexibility index (Phi) is 6.83. The van der Waals surface area contributed by atoms with E-state index >= 15 is 0 Å². The zero-order chi connectivity index (χ0) is 20.5. The summed E-state index contributed by atoms with van der Waals surface area (Å²) in [6, 6.07) is 0.391. The fraction of sp³-hybridized carbons (Fsp3) is 0.762. The van der Waals surface area contributed by atoms with Gasteiger partial charge in [-0.2, -0.15) is 10.1 Å². The molecule has 0 amide bonds. The van der Waals surface area contributed by atoms with Crippen molar-refractivity contribution in [3.05, 3.63) is 17.7 Å². The molecule has 0 saturated heterocycles. The zero-order valence-electron chi connectivity index (χ0n) is 18.2. The molecule has 3 rings (SSSR count). The van der Waals surface area contributed by atoms with Gasteiger partial charge in [0, 0.05) is 12.8 Å². The molecule has 28 heavy (non-hydrogen) atoms. The van der Waals surface area contributed by atoms with Crippen LogP contribution in [0.2, 0.25) is 21.9 Å². The Morgan fingerprint density at radius 1 is 1.04 bits per heavy atom. The number of aromatic nitrogens is 4. The van der Waals surface area contributed by atoms with Crippen molar-refractivity contribution in [3.8, 4) is 0 Å². The van der Waals surface area contributed by atoms with Crippen molar-refractivity contribution < 1.29 is 4.43 Å². The van der Waals surface area contributed by atoms with Crippen LogP contribution < -0.4 is 0 Å². The van der Waals surface area contributed by atoms with Crippen molar-refractivity contribution in [2.75, 3.05) is 6.61 Å². The van der Waals surface area contributed by atoms with E-state index in [1.165, 1.54) is 12.8 Å². The van der Waals surface area contributed by atoms with E-state index in [0.717, 1.165) is 30.5 Å². The highest BCUT2D eigenvalue weighted by atomic mass is 35.5. The van der Waals surface area contributed by atoms with E-state index in [-0.39, 0.29) is 5.28 Å². The van der Waals surface area contributed by atoms with Gasteiger partial charge in [-0.3, -0.25) is 0 Å². The van der Waals surface area contributed by atoms with Crippen LogP contribution in [0.1, 0.15) is 73.3 Å². The molecular weight excluding hydrogens is 388 g/mol. The molecule has 2 aromatic heterocycles. The first-order chi connectivity index (χ1) is 13.3. The highest BCUT2D eigenvalue weighted by Gasteiger charge is 2.45. The molecule has 0 atom stereocenters. The van der Waals surface area contributed by atoms with Crippen LogP contribution in [0.4, 0.5) is 0 Å². The maximum absolute atomic E-state index is 6.84. The van der Waals surface area contributed by atoms with Gasteiger partial charge < -0.3 is 4.43 Å². The van der Waals surface area contributed by atoms with Crippen molar-refractivity contribution in [1.29, 1.82) is 0 Å². The van der Waals surface area contributed by atoms with Crippen LogP contribution in [0.25, 0.3) is 11.0 Å². The molecule has 0 bridgehead atoms. The fourth-order valence-electron chi connectivity index (χ4n) is 5.40. The van der Waals surface area contributed by atoms with E-state index < -0.39 is 8.32 Å². The highest BCUT2D eigenvalue weighted by Crippen LogP contribution is 2.43. The van der Waals surface area contributed by atoms with Gasteiger partial charge in [0.15, 0.2) is 14.0 Å². The SMILES string of the molecule is CC(C)[Si](OC[C@H]1CC[C@@H](n2ncc3cnc(Cl)nc32)CC1)(C(C)C)C(C)C. The first-order valence-electron chi connectivity index (χ1n) is 10.7. The molecule has 5 nitrogen and oxygen atoms in total. The maximum atomic E-state index is 6.84. The van der Waals surface area contributed by atoms with Crippen LogP contribution in [0.3, 0.4) is 0 Å². The molecule has 0 unspecified atom stereocenters. The summed E-state index contributed by atoms with van der Waals surface area (Å²) in [7, 11) is -1.77. The minimum absolute atomic E-state index is 0.286. The Labute approximate surface area is 175 Å². The van der Waals surface area contributed by atoms with E-state index in [4.69, 9.17) is 16.0 Å². The van der Waals surface area contributed by atoms with Crippen molar-refractivity contribution in [3.63, 3.8) is 0 Å². The van der Waals surface area contributed by atoms with Crippen LogP contribution in [0, 0.1) is 5.92 Å². The lowest BCUT2D eigenvalue weighted by Gasteiger charge is -2.43. The maximum Gasteiger partial charge on any atom is 0.224 e. The average Bonchev–Trinajstić information content (AvgIpc) is 3.05. The van der Waals surface area contributed by atoms with E-state index in [1.807, 2.05) is 6.20 Å². The van der Waals surface area contributed by atoms with E-state index in [9.17, 15) is 0 Å². The number of rotatable bonds is 7. The largest absolute Gasteiger partial charge is 0.416 e. The summed E-state index contributed by atoms with van der Waals surface area (Å²) in [5.74, 6) is 0.652. The summed E-state index contributed by atoms with van der Waals surface area (Å²) in [5.41, 5.74) is 2.78. The van der Waals surface area contributed by atoms with Gasteiger partial charge in [0.1, 0.15) is 0 Å². The second kappa shape index (κ2) is 8.80. The van der Waals surface area contributed by atoms with Crippen molar-refractivity contribution in [2.24, 2.45) is 5.92 Å². The Hall–Kier alpha value is -0.983. The molecule has 1 aliphatic rings. The third-order valence-electron chi connectivity index (χ3n) is 6.74. The lowest BCUT2D eigenvalue weighted by atomic mass is 9.87. The van der Waals surface area contributed by atoms with Crippen molar-refractivity contribution in [1.82, 2.24) is 19.7 Å². The van der Waals surface area contributed by atoms with Crippen LogP contribution in [0.15, 0.2) is 12.4 Å². The van der Waals surface area contributed by atoms with Gasteiger partial charge in [-0.15, -0.1) is 0 Å². The van der Waals surface area contributed by atoms with Gasteiger partial charge in [-0.05, 0) is 59.8 Å². The molecule has 156 valence electrons. The van der Waals surface area contributed by atoms with E-state index in [0.29, 0.717) is 28.6 Å². The summed E-state index contributed by atoms with van der Waals surface area (Å²) in [6.07, 6.45) is 8.20. The Morgan fingerprint density at radius 3 is 2.21 bits per heavy atom. The number of halogens is 1. The van der Waals surface area contributed by atoms with Crippen LogP contribution in [0.5, 0.6) is 0 Å². The van der Waals surface area contributed by atoms with Gasteiger partial charge in [0.05, 0.1) is 17.6 Å². The van der Waals surface area contributed by atoms with E-state index in [1.54, 1.807) is 6.20 Å². The number of hydrogen-bond acceptors (Lipinski definition) is 4. The molecule has 2 heterocycles. The smallest absolute Gasteiger partial charge is 0.224 e. The third kappa shape index (κ3) is 4.14. The van der Waals surface area contributed by atoms with E-state index in [2.05, 4.69) is 61.3 Å². The number of fused-ring (bicyclic) bond motifs is 1. The second-order valence-electron chi connectivity index (χ2n) is 9.31. The second-order valence-corrected chi connectivity index (χ2v) is 15.1. The zero-order valence-corrected chi connectivity index (χ0v) is 19.9. The highest BCUT2D eigenvalue weighted by molar-refractivity contribution is 6.77. The predicted octanol–water partition coefficient (Wildman–Crippen LogP) is 6.40. The Balaban J connectivity index is 1.63. The average molecular weight is 423 g/mol. The topological polar surface area (TPSA) is 52.8 Å². The molecule has 0 spiro atoms. The van der Waals surface area contributed by atoms with Crippen molar-refractivity contribution >= 4 is 31.0 Å². The summed E-state index contributed by atoms with van der Waals surface area (Å²) in [6.45, 7) is 15.1. The quantitative estimate of drug-likeness (QED) is 0.382. The fourth-order valence-corrected chi connectivity index (χ4v) is 11.1. The molecular formula is C21H35ClN4OSi. The molecule has 0 radical (unpaired) electrons. The van der Waals surface area contributed by atoms with Crippen LogP contribution in [-0.4, -0.2) is 34.7 Å². The van der Waals surface area contributed by atoms with Crippen LogP contribution in [-0.2, 0) is 4.43 Å². The third-order valence-corrected chi connectivity index (χ3v) is 13.0. The lowest BCUT2D eigenvalue weighted by molar-refractivity contribution is 0.165. The van der Waals surface area contributed by atoms with Crippen molar-refractivity contribution in [2.45, 2.75) is 89.9 Å². The first-order valence-corrected chi connectivity index (χ1v) is 13.3. The lowest BCUT2D eigenvalue weighted by Crippen LogP contribution is -2.48. The number of nitrogens with zero attached hydrogens (tertiary/aromatic N) is 4. The summed E-state index contributed by atoms with van der Waals surface area (Å²) in [4.78, 5) is 8.45. The minimum Gasteiger partial charge on any atom is -0.416 e. The van der Waals surface area contributed by atoms with Gasteiger partial charge in [0.2, 0.25) is 5.28 Å². The normalized spacial score (nSPS) is 21.4. The summed E-state index contributed by atoms with van der Waals surface area (Å²) < 4.78 is 8.89. The molecule has 0 aromatic carbocycles. The standard InChI is InChI=1S/C21H35ClN4OSi/c1-14(2)28(15(3)4,16(5)6)27-13-17-7-9-19(10-8-17)26-20-18(12-24-26)11-23-21(22)25-20/h11-12,14-17,19H,7-10,13H2,1-6H3/t17-,19+. The summed E-state index contributed by atoms with van der Waals surface area (Å²) in [5, 5.41) is 5.81. The van der Waals surface area contributed by atoms with Crippen LogP contribution >= 0.6 is 11.6 Å².